The minimum atomic E-state index is -4.50. The molecule has 0 fully saturated rings. The molecule has 2 nitrogen and oxygen atoms in total. The Bertz CT molecular complexity index is 437. The van der Waals surface area contributed by atoms with Gasteiger partial charge in [0.15, 0.2) is 0 Å². The normalized spacial score (nSPS) is 12.9. The fraction of sp³-hybridized carbons (Fsp3) is 0.364. The maximum Gasteiger partial charge on any atom is 0.418 e. The smallest absolute Gasteiger partial charge is 0.368 e. The molecule has 17 heavy (non-hydrogen) atoms. The second kappa shape index (κ2) is 5.28. The highest BCUT2D eigenvalue weighted by Gasteiger charge is 2.34. The Balaban J connectivity index is 3.18. The predicted molar refractivity (Wildman–Crippen MR) is 59.8 cm³/mol. The van der Waals surface area contributed by atoms with E-state index in [4.69, 9.17) is 16.9 Å². The van der Waals surface area contributed by atoms with Gasteiger partial charge in [-0.3, -0.25) is 0 Å². The number of hydrogen-bond donors (Lipinski definition) is 1. The molecule has 0 aliphatic heterocycles. The summed E-state index contributed by atoms with van der Waals surface area (Å²) in [7, 11) is 0. The molecular weight excluding hydrogens is 253 g/mol. The molecule has 6 heteroatoms. The van der Waals surface area contributed by atoms with Gasteiger partial charge in [0.25, 0.3) is 0 Å². The molecule has 1 aromatic rings. The Morgan fingerprint density at radius 1 is 1.47 bits per heavy atom. The summed E-state index contributed by atoms with van der Waals surface area (Å²) < 4.78 is 38.1. The number of nitriles is 1. The van der Waals surface area contributed by atoms with E-state index in [1.165, 1.54) is 12.1 Å². The van der Waals surface area contributed by atoms with Crippen LogP contribution in [-0.2, 0) is 6.18 Å². The maximum atomic E-state index is 12.7. The lowest BCUT2D eigenvalue weighted by Crippen LogP contribution is -2.19. The molecule has 0 aliphatic rings. The minimum Gasteiger partial charge on any atom is -0.368 e. The summed E-state index contributed by atoms with van der Waals surface area (Å²) in [6, 6.07) is 4.68. The Kier molecular flexibility index (Phi) is 4.24. The molecule has 1 rings (SSSR count). The van der Waals surface area contributed by atoms with Crippen LogP contribution in [-0.4, -0.2) is 6.04 Å². The number of rotatable bonds is 3. The fourth-order valence-corrected chi connectivity index (χ4v) is 1.54. The van der Waals surface area contributed by atoms with Crippen molar-refractivity contribution in [2.75, 3.05) is 5.32 Å². The Hall–Kier alpha value is -1.41. The molecule has 1 atom stereocenters. The average Bonchev–Trinajstić information content (AvgIpc) is 2.26. The lowest BCUT2D eigenvalue weighted by Gasteiger charge is -2.18. The van der Waals surface area contributed by atoms with Crippen LogP contribution in [0.2, 0.25) is 5.02 Å². The predicted octanol–water partition coefficient (Wildman–Crippen LogP) is 4.07. The van der Waals surface area contributed by atoms with Gasteiger partial charge in [0, 0.05) is 0 Å². The highest BCUT2D eigenvalue weighted by molar-refractivity contribution is 6.33. The number of benzene rings is 1. The van der Waals surface area contributed by atoms with Crippen molar-refractivity contribution in [1.29, 1.82) is 5.26 Å². The molecule has 0 amide bonds. The first-order chi connectivity index (χ1) is 7.90. The molecular formula is C11H10ClF3N2. The van der Waals surface area contributed by atoms with Crippen molar-refractivity contribution in [3.05, 3.63) is 28.8 Å². The van der Waals surface area contributed by atoms with Crippen molar-refractivity contribution >= 4 is 17.3 Å². The van der Waals surface area contributed by atoms with Crippen molar-refractivity contribution in [1.82, 2.24) is 0 Å². The molecule has 0 spiro atoms. The van der Waals surface area contributed by atoms with Crippen LogP contribution in [0, 0.1) is 11.3 Å². The van der Waals surface area contributed by atoms with Crippen molar-refractivity contribution in [3.63, 3.8) is 0 Å². The van der Waals surface area contributed by atoms with Crippen molar-refractivity contribution in [2.24, 2.45) is 0 Å². The van der Waals surface area contributed by atoms with Crippen LogP contribution in [0.4, 0.5) is 18.9 Å². The molecule has 0 heterocycles. The van der Waals surface area contributed by atoms with Gasteiger partial charge in [-0.2, -0.15) is 18.4 Å². The lowest BCUT2D eigenvalue weighted by molar-refractivity contribution is -0.137. The summed E-state index contributed by atoms with van der Waals surface area (Å²) in [6.45, 7) is 1.70. The van der Waals surface area contributed by atoms with E-state index in [9.17, 15) is 13.2 Å². The van der Waals surface area contributed by atoms with Gasteiger partial charge >= 0.3 is 6.18 Å². The van der Waals surface area contributed by atoms with E-state index in [0.29, 0.717) is 6.42 Å². The SMILES string of the molecule is CCC(C#N)Nc1c(Cl)cccc1C(F)(F)F. The van der Waals surface area contributed by atoms with Crippen molar-refractivity contribution in [3.8, 4) is 6.07 Å². The number of hydrogen-bond acceptors (Lipinski definition) is 2. The van der Waals surface area contributed by atoms with Crippen LogP contribution in [0.1, 0.15) is 18.9 Å². The van der Waals surface area contributed by atoms with E-state index in [0.717, 1.165) is 6.07 Å². The van der Waals surface area contributed by atoms with Crippen LogP contribution in [0.25, 0.3) is 0 Å². The zero-order chi connectivity index (χ0) is 13.1. The second-order valence-corrected chi connectivity index (χ2v) is 3.80. The van der Waals surface area contributed by atoms with Gasteiger partial charge in [-0.1, -0.05) is 24.6 Å². The number of anilines is 1. The van der Waals surface area contributed by atoms with Gasteiger partial charge in [-0.05, 0) is 18.6 Å². The highest BCUT2D eigenvalue weighted by Crippen LogP contribution is 2.38. The van der Waals surface area contributed by atoms with E-state index < -0.39 is 17.8 Å². The summed E-state index contributed by atoms with van der Waals surface area (Å²) in [5, 5.41) is 11.2. The summed E-state index contributed by atoms with van der Waals surface area (Å²) in [4.78, 5) is 0. The quantitative estimate of drug-likeness (QED) is 0.891. The third kappa shape index (κ3) is 3.27. The maximum absolute atomic E-state index is 12.7. The summed E-state index contributed by atoms with van der Waals surface area (Å²) in [6.07, 6.45) is -4.11. The van der Waals surface area contributed by atoms with E-state index in [1.807, 2.05) is 6.07 Å². The first kappa shape index (κ1) is 13.7. The topological polar surface area (TPSA) is 35.8 Å². The Morgan fingerprint density at radius 3 is 2.59 bits per heavy atom. The number of halogens is 4. The molecule has 0 aromatic heterocycles. The molecule has 0 saturated carbocycles. The number of nitrogens with one attached hydrogen (secondary N) is 1. The molecule has 0 saturated heterocycles. The number of nitrogens with zero attached hydrogens (tertiary/aromatic N) is 1. The second-order valence-electron chi connectivity index (χ2n) is 3.39. The van der Waals surface area contributed by atoms with Crippen LogP contribution in [0.5, 0.6) is 0 Å². The van der Waals surface area contributed by atoms with E-state index in [1.54, 1.807) is 6.92 Å². The van der Waals surface area contributed by atoms with Gasteiger partial charge in [0.2, 0.25) is 0 Å². The van der Waals surface area contributed by atoms with Crippen molar-refractivity contribution in [2.45, 2.75) is 25.6 Å². The molecule has 1 unspecified atom stereocenters. The van der Waals surface area contributed by atoms with E-state index in [2.05, 4.69) is 5.32 Å². The zero-order valence-electron chi connectivity index (χ0n) is 8.98. The minimum absolute atomic E-state index is 0.0477. The monoisotopic (exact) mass is 262 g/mol. The first-order valence-corrected chi connectivity index (χ1v) is 5.29. The zero-order valence-corrected chi connectivity index (χ0v) is 9.73. The van der Waals surface area contributed by atoms with Gasteiger partial charge in [0.05, 0.1) is 22.3 Å². The highest BCUT2D eigenvalue weighted by atomic mass is 35.5. The van der Waals surface area contributed by atoms with E-state index >= 15 is 0 Å². The van der Waals surface area contributed by atoms with Crippen LogP contribution >= 0.6 is 11.6 Å². The summed E-state index contributed by atoms with van der Waals surface area (Å²) in [5.74, 6) is 0. The van der Waals surface area contributed by atoms with Crippen LogP contribution < -0.4 is 5.32 Å². The fourth-order valence-electron chi connectivity index (χ4n) is 1.31. The molecule has 0 aliphatic carbocycles. The third-order valence-corrected chi connectivity index (χ3v) is 2.52. The molecule has 1 N–H and O–H groups in total. The van der Waals surface area contributed by atoms with Crippen LogP contribution in [0.3, 0.4) is 0 Å². The number of para-hydroxylation sites is 1. The number of alkyl halides is 3. The molecule has 92 valence electrons. The summed E-state index contributed by atoms with van der Waals surface area (Å²) in [5.41, 5.74) is -1.10. The Labute approximate surface area is 102 Å². The average molecular weight is 263 g/mol. The van der Waals surface area contributed by atoms with Gasteiger partial charge in [-0.15, -0.1) is 0 Å². The van der Waals surface area contributed by atoms with Gasteiger partial charge in [-0.25, -0.2) is 0 Å². The summed E-state index contributed by atoms with van der Waals surface area (Å²) >= 11 is 5.72. The molecule has 1 aromatic carbocycles. The lowest BCUT2D eigenvalue weighted by atomic mass is 10.1. The largest absolute Gasteiger partial charge is 0.418 e. The Morgan fingerprint density at radius 2 is 2.12 bits per heavy atom. The molecule has 0 radical (unpaired) electrons. The first-order valence-electron chi connectivity index (χ1n) is 4.92. The van der Waals surface area contributed by atoms with Gasteiger partial charge in [0.1, 0.15) is 6.04 Å². The van der Waals surface area contributed by atoms with Crippen molar-refractivity contribution < 1.29 is 13.2 Å². The van der Waals surface area contributed by atoms with E-state index in [-0.39, 0.29) is 10.7 Å². The standard InChI is InChI=1S/C11H10ClF3N2/c1-2-7(6-16)17-10-8(11(13,14)15)4-3-5-9(10)12/h3-5,7,17H,2H2,1H3. The molecule has 0 bridgehead atoms. The van der Waals surface area contributed by atoms with Crippen LogP contribution in [0.15, 0.2) is 18.2 Å². The third-order valence-electron chi connectivity index (χ3n) is 2.20. The van der Waals surface area contributed by atoms with Gasteiger partial charge < -0.3 is 5.32 Å².